The Hall–Kier alpha value is -2.46. The summed E-state index contributed by atoms with van der Waals surface area (Å²) in [7, 11) is 0. The Balaban J connectivity index is 1.54. The average Bonchev–Trinajstić information content (AvgIpc) is 3.45. The summed E-state index contributed by atoms with van der Waals surface area (Å²) in [4.78, 5) is 42.8. The average molecular weight is 591 g/mol. The number of likely N-dealkylation sites (tertiary alicyclic amines) is 1. The molecule has 2 bridgehead atoms. The van der Waals surface area contributed by atoms with Gasteiger partial charge in [-0.25, -0.2) is 0 Å². The van der Waals surface area contributed by atoms with E-state index in [0.29, 0.717) is 22.8 Å². The van der Waals surface area contributed by atoms with Gasteiger partial charge in [-0.15, -0.1) is 0 Å². The van der Waals surface area contributed by atoms with Crippen molar-refractivity contribution in [3.63, 3.8) is 0 Å². The highest BCUT2D eigenvalue weighted by Crippen LogP contribution is 2.60. The van der Waals surface area contributed by atoms with Crippen LogP contribution in [0.1, 0.15) is 20.3 Å². The van der Waals surface area contributed by atoms with Crippen molar-refractivity contribution in [2.24, 2.45) is 17.8 Å². The SMILES string of the molecule is CC(C)[C@H](CO)N1C(=O)[C@@H]2[C@H](C(=O)Nc3ccccc3)[C@H]3OC2(CC3Br)C1C(=O)Nc1ccc(Cl)cc1. The van der Waals surface area contributed by atoms with Gasteiger partial charge in [-0.3, -0.25) is 14.4 Å². The van der Waals surface area contributed by atoms with Gasteiger partial charge in [0.25, 0.3) is 0 Å². The molecule has 1 spiro atoms. The Morgan fingerprint density at radius 2 is 1.73 bits per heavy atom. The van der Waals surface area contributed by atoms with Gasteiger partial charge in [0.15, 0.2) is 0 Å². The molecule has 37 heavy (non-hydrogen) atoms. The predicted octanol–water partition coefficient (Wildman–Crippen LogP) is 3.68. The van der Waals surface area contributed by atoms with Crippen molar-refractivity contribution in [1.29, 1.82) is 0 Å². The lowest BCUT2D eigenvalue weighted by Gasteiger charge is -2.38. The third-order valence-corrected chi connectivity index (χ3v) is 8.84. The van der Waals surface area contributed by atoms with Gasteiger partial charge >= 0.3 is 0 Å². The second-order valence-electron chi connectivity index (χ2n) is 10.3. The molecule has 0 radical (unpaired) electrons. The fourth-order valence-corrected chi connectivity index (χ4v) is 7.20. The molecule has 3 unspecified atom stereocenters. The first-order valence-electron chi connectivity index (χ1n) is 12.3. The number of benzene rings is 2. The lowest BCUT2D eigenvalue weighted by Crippen LogP contribution is -2.57. The van der Waals surface area contributed by atoms with Gasteiger partial charge in [0, 0.05) is 21.2 Å². The second-order valence-corrected chi connectivity index (χ2v) is 11.9. The van der Waals surface area contributed by atoms with Crippen molar-refractivity contribution in [3.05, 3.63) is 59.6 Å². The standard InChI is InChI=1S/C27H29BrClN3O5/c1-14(2)19(13-33)32-23(25(35)31-17-10-8-15(29)9-11-17)27-12-18(28)22(37-27)20(21(27)26(32)36)24(34)30-16-6-4-3-5-7-16/h3-11,14,18-23,33H,12-13H2,1-2H3,(H,30,34)(H,31,35)/t18?,19-,20-,21-,22-,23?,27?/m0/s1. The third-order valence-electron chi connectivity index (χ3n) is 7.75. The number of alkyl halides is 1. The fourth-order valence-electron chi connectivity index (χ4n) is 6.14. The van der Waals surface area contributed by atoms with Crippen LogP contribution >= 0.6 is 27.5 Å². The van der Waals surface area contributed by atoms with Crippen LogP contribution in [-0.2, 0) is 19.1 Å². The lowest BCUT2D eigenvalue weighted by molar-refractivity contribution is -0.144. The van der Waals surface area contributed by atoms with E-state index < -0.39 is 41.5 Å². The van der Waals surface area contributed by atoms with E-state index in [1.807, 2.05) is 32.0 Å². The zero-order valence-corrected chi connectivity index (χ0v) is 22.8. The smallest absolute Gasteiger partial charge is 0.250 e. The highest BCUT2D eigenvalue weighted by molar-refractivity contribution is 9.09. The number of fused-ring (bicyclic) bond motifs is 1. The predicted molar refractivity (Wildman–Crippen MR) is 143 cm³/mol. The van der Waals surface area contributed by atoms with E-state index in [0.717, 1.165) is 0 Å². The number of amides is 3. The zero-order chi connectivity index (χ0) is 26.5. The van der Waals surface area contributed by atoms with Gasteiger partial charge < -0.3 is 25.4 Å². The molecule has 3 N–H and O–H groups in total. The second kappa shape index (κ2) is 10.0. The zero-order valence-electron chi connectivity index (χ0n) is 20.4. The molecule has 10 heteroatoms. The van der Waals surface area contributed by atoms with Gasteiger partial charge in [0.2, 0.25) is 17.7 Å². The molecule has 3 amide bonds. The Labute approximate surface area is 228 Å². The van der Waals surface area contributed by atoms with Crippen LogP contribution < -0.4 is 10.6 Å². The van der Waals surface area contributed by atoms with Gasteiger partial charge in [-0.05, 0) is 48.7 Å². The summed E-state index contributed by atoms with van der Waals surface area (Å²) in [5.41, 5.74) is -0.0776. The Bertz CT molecular complexity index is 1200. The van der Waals surface area contributed by atoms with Crippen LogP contribution in [0.4, 0.5) is 11.4 Å². The summed E-state index contributed by atoms with van der Waals surface area (Å²) in [6.07, 6.45) is -0.188. The van der Waals surface area contributed by atoms with Crippen molar-refractivity contribution in [2.45, 2.75) is 48.9 Å². The summed E-state index contributed by atoms with van der Waals surface area (Å²) in [5, 5.41) is 16.6. The first-order valence-corrected chi connectivity index (χ1v) is 13.6. The molecule has 0 saturated carbocycles. The highest BCUT2D eigenvalue weighted by atomic mass is 79.9. The van der Waals surface area contributed by atoms with Crippen LogP contribution in [0.3, 0.4) is 0 Å². The van der Waals surface area contributed by atoms with Gasteiger partial charge in [0.1, 0.15) is 11.6 Å². The molecule has 0 aliphatic carbocycles. The Morgan fingerprint density at radius 3 is 2.35 bits per heavy atom. The molecular formula is C27H29BrClN3O5. The number of rotatable bonds is 7. The summed E-state index contributed by atoms with van der Waals surface area (Å²) >= 11 is 9.66. The van der Waals surface area contributed by atoms with Crippen molar-refractivity contribution < 1.29 is 24.2 Å². The molecule has 3 aliphatic rings. The molecule has 3 saturated heterocycles. The normalized spacial score (nSPS) is 30.9. The van der Waals surface area contributed by atoms with Crippen LogP contribution in [0.5, 0.6) is 0 Å². The highest BCUT2D eigenvalue weighted by Gasteiger charge is 2.77. The maximum atomic E-state index is 14.1. The molecule has 2 aromatic carbocycles. The van der Waals surface area contributed by atoms with Crippen molar-refractivity contribution in [2.75, 3.05) is 17.2 Å². The van der Waals surface area contributed by atoms with E-state index in [9.17, 15) is 19.5 Å². The first kappa shape index (κ1) is 26.2. The minimum absolute atomic E-state index is 0.136. The number of nitrogens with one attached hydrogen (secondary N) is 2. The number of hydrogen-bond acceptors (Lipinski definition) is 5. The lowest BCUT2D eigenvalue weighted by atomic mass is 9.70. The third kappa shape index (κ3) is 4.35. The molecule has 3 aliphatic heterocycles. The Kier molecular flexibility index (Phi) is 7.08. The number of carbonyl (C=O) groups excluding carboxylic acids is 3. The largest absolute Gasteiger partial charge is 0.394 e. The minimum atomic E-state index is -1.21. The first-order chi connectivity index (χ1) is 17.7. The molecule has 196 valence electrons. The molecule has 7 atom stereocenters. The van der Waals surface area contributed by atoms with E-state index in [1.165, 1.54) is 4.90 Å². The Morgan fingerprint density at radius 1 is 1.11 bits per heavy atom. The molecule has 5 rings (SSSR count). The number of anilines is 2. The summed E-state index contributed by atoms with van der Waals surface area (Å²) in [6.45, 7) is 3.46. The van der Waals surface area contributed by atoms with Crippen LogP contribution in [0, 0.1) is 17.8 Å². The van der Waals surface area contributed by atoms with Gasteiger partial charge in [-0.1, -0.05) is 59.6 Å². The van der Waals surface area contributed by atoms with Crippen molar-refractivity contribution in [3.8, 4) is 0 Å². The number of ether oxygens (including phenoxy) is 1. The molecule has 0 aromatic heterocycles. The molecule has 3 fully saturated rings. The minimum Gasteiger partial charge on any atom is -0.394 e. The van der Waals surface area contributed by atoms with E-state index in [4.69, 9.17) is 16.3 Å². The summed E-state index contributed by atoms with van der Waals surface area (Å²) in [6, 6.07) is 14.1. The van der Waals surface area contributed by atoms with E-state index >= 15 is 0 Å². The van der Waals surface area contributed by atoms with Crippen molar-refractivity contribution in [1.82, 2.24) is 4.90 Å². The van der Waals surface area contributed by atoms with Gasteiger partial charge in [-0.2, -0.15) is 0 Å². The van der Waals surface area contributed by atoms with Crippen LogP contribution in [0.2, 0.25) is 5.02 Å². The van der Waals surface area contributed by atoms with E-state index in [-0.39, 0.29) is 29.2 Å². The number of aliphatic hydroxyl groups excluding tert-OH is 1. The summed E-state index contributed by atoms with van der Waals surface area (Å²) < 4.78 is 6.50. The van der Waals surface area contributed by atoms with E-state index in [2.05, 4.69) is 26.6 Å². The number of aliphatic hydroxyl groups is 1. The monoisotopic (exact) mass is 589 g/mol. The molecule has 3 heterocycles. The van der Waals surface area contributed by atoms with Crippen LogP contribution in [0.25, 0.3) is 0 Å². The number of nitrogens with zero attached hydrogens (tertiary/aromatic N) is 1. The molecule has 8 nitrogen and oxygen atoms in total. The number of halogens is 2. The number of hydrogen-bond donors (Lipinski definition) is 3. The van der Waals surface area contributed by atoms with Crippen molar-refractivity contribution >= 4 is 56.6 Å². The number of carbonyl (C=O) groups is 3. The fraction of sp³-hybridized carbons (Fsp3) is 0.444. The maximum absolute atomic E-state index is 14.1. The van der Waals surface area contributed by atoms with Crippen LogP contribution in [-0.4, -0.2) is 63.0 Å². The maximum Gasteiger partial charge on any atom is 0.250 e. The van der Waals surface area contributed by atoms with E-state index in [1.54, 1.807) is 36.4 Å². The topological polar surface area (TPSA) is 108 Å². The van der Waals surface area contributed by atoms with Crippen LogP contribution in [0.15, 0.2) is 54.6 Å². The summed E-state index contributed by atoms with van der Waals surface area (Å²) in [5.74, 6) is -2.90. The molecular weight excluding hydrogens is 562 g/mol. The quantitative estimate of drug-likeness (QED) is 0.427. The van der Waals surface area contributed by atoms with Gasteiger partial charge in [0.05, 0.1) is 30.6 Å². The number of para-hydroxylation sites is 1. The molecule has 2 aromatic rings.